The minimum Gasteiger partial charge on any atom is -0.495 e. The van der Waals surface area contributed by atoms with Crippen LogP contribution in [0.2, 0.25) is 0 Å². The third-order valence-electron chi connectivity index (χ3n) is 5.84. The summed E-state index contributed by atoms with van der Waals surface area (Å²) in [6.07, 6.45) is -0.162. The zero-order chi connectivity index (χ0) is 24.9. The molecule has 10 heteroatoms. The van der Waals surface area contributed by atoms with Crippen molar-refractivity contribution < 1.29 is 27.4 Å². The number of nitrogens with zero attached hydrogens (tertiary/aromatic N) is 1. The van der Waals surface area contributed by atoms with Gasteiger partial charge in [0, 0.05) is 39.0 Å². The summed E-state index contributed by atoms with van der Waals surface area (Å²) in [5, 5.41) is 3.43. The number of carbonyl (C=O) groups is 1. The van der Waals surface area contributed by atoms with E-state index >= 15 is 0 Å². The number of hydrogen-bond donors (Lipinski definition) is 2. The van der Waals surface area contributed by atoms with Crippen LogP contribution in [0.4, 0.5) is 5.69 Å². The van der Waals surface area contributed by atoms with Gasteiger partial charge in [0.05, 0.1) is 18.8 Å². The number of amides is 1. The second-order valence-electron chi connectivity index (χ2n) is 8.52. The van der Waals surface area contributed by atoms with Crippen LogP contribution in [-0.2, 0) is 14.8 Å². The molecule has 1 amide bonds. The molecule has 34 heavy (non-hydrogen) atoms. The number of methoxy groups -OCH3 is 2. The number of ether oxygens (including phenoxy) is 3. The Morgan fingerprint density at radius 2 is 1.88 bits per heavy atom. The van der Waals surface area contributed by atoms with Crippen molar-refractivity contribution in [3.63, 3.8) is 0 Å². The van der Waals surface area contributed by atoms with Gasteiger partial charge in [-0.05, 0) is 43.2 Å². The van der Waals surface area contributed by atoms with Crippen LogP contribution in [-0.4, -0.2) is 72.3 Å². The first-order valence-corrected chi connectivity index (χ1v) is 12.6. The summed E-state index contributed by atoms with van der Waals surface area (Å²) in [5.41, 5.74) is 0.503. The minimum absolute atomic E-state index is 0.00165. The van der Waals surface area contributed by atoms with Crippen LogP contribution in [0.15, 0.2) is 47.4 Å². The van der Waals surface area contributed by atoms with E-state index in [0.29, 0.717) is 18.9 Å². The third-order valence-corrected chi connectivity index (χ3v) is 7.26. The lowest BCUT2D eigenvalue weighted by molar-refractivity contribution is 0.0281. The highest BCUT2D eigenvalue weighted by atomic mass is 32.2. The molecule has 1 aliphatic rings. The van der Waals surface area contributed by atoms with Gasteiger partial charge in [0.15, 0.2) is 0 Å². The number of hydrogen-bond acceptors (Lipinski definition) is 7. The van der Waals surface area contributed by atoms with E-state index in [1.165, 1.54) is 19.2 Å². The molecule has 2 N–H and O–H groups in total. The van der Waals surface area contributed by atoms with Crippen LogP contribution in [0.5, 0.6) is 11.5 Å². The maximum Gasteiger partial charge on any atom is 0.265 e. The van der Waals surface area contributed by atoms with Gasteiger partial charge >= 0.3 is 0 Å². The predicted molar refractivity (Wildman–Crippen MR) is 130 cm³/mol. The predicted octanol–water partition coefficient (Wildman–Crippen LogP) is 2.59. The van der Waals surface area contributed by atoms with Crippen LogP contribution in [0, 0.1) is 5.92 Å². The molecule has 186 valence electrons. The largest absolute Gasteiger partial charge is 0.495 e. The Balaban J connectivity index is 1.96. The van der Waals surface area contributed by atoms with Crippen molar-refractivity contribution in [2.45, 2.75) is 30.9 Å². The second kappa shape index (κ2) is 11.1. The van der Waals surface area contributed by atoms with E-state index < -0.39 is 10.0 Å². The van der Waals surface area contributed by atoms with Crippen LogP contribution < -0.4 is 19.5 Å². The molecule has 0 saturated carbocycles. The molecular formula is C24H33N3O6S. The highest BCUT2D eigenvalue weighted by Gasteiger charge is 2.26. The van der Waals surface area contributed by atoms with Gasteiger partial charge in [0.1, 0.15) is 23.0 Å². The van der Waals surface area contributed by atoms with E-state index in [1.54, 1.807) is 49.4 Å². The smallest absolute Gasteiger partial charge is 0.265 e. The van der Waals surface area contributed by atoms with E-state index in [2.05, 4.69) is 17.0 Å². The van der Waals surface area contributed by atoms with Gasteiger partial charge in [-0.3, -0.25) is 9.52 Å². The number of benzene rings is 2. The molecule has 0 fully saturated rings. The Kier molecular flexibility index (Phi) is 8.40. The van der Waals surface area contributed by atoms with E-state index in [0.717, 1.165) is 6.54 Å². The molecule has 3 rings (SSSR count). The van der Waals surface area contributed by atoms with Crippen LogP contribution in [0.25, 0.3) is 0 Å². The summed E-state index contributed by atoms with van der Waals surface area (Å²) < 4.78 is 45.4. The molecule has 0 bridgehead atoms. The zero-order valence-electron chi connectivity index (χ0n) is 20.2. The van der Waals surface area contributed by atoms with Crippen LogP contribution in [0.1, 0.15) is 24.2 Å². The van der Waals surface area contributed by atoms with Gasteiger partial charge in [-0.1, -0.05) is 19.1 Å². The average molecular weight is 492 g/mol. The Hall–Kier alpha value is -2.82. The summed E-state index contributed by atoms with van der Waals surface area (Å²) in [4.78, 5) is 14.9. The number of fused-ring (bicyclic) bond motifs is 1. The SMILES string of the molecule is COc1ccccc1S(=O)(=O)Nc1ccc2c(c1)C(=O)N(C)C[C@H](OC)[C@@H](C)CN[C@H](C)CO2. The van der Waals surface area contributed by atoms with Gasteiger partial charge < -0.3 is 24.4 Å². The van der Waals surface area contributed by atoms with Crippen molar-refractivity contribution in [1.82, 2.24) is 10.2 Å². The number of para-hydroxylation sites is 1. The monoisotopic (exact) mass is 491 g/mol. The van der Waals surface area contributed by atoms with Crippen molar-refractivity contribution in [3.8, 4) is 11.5 Å². The van der Waals surface area contributed by atoms with Crippen molar-refractivity contribution in [3.05, 3.63) is 48.0 Å². The second-order valence-corrected chi connectivity index (χ2v) is 10.2. The van der Waals surface area contributed by atoms with Crippen molar-refractivity contribution in [1.29, 1.82) is 0 Å². The first kappa shape index (κ1) is 25.8. The lowest BCUT2D eigenvalue weighted by Gasteiger charge is -2.30. The van der Waals surface area contributed by atoms with E-state index in [-0.39, 0.29) is 45.9 Å². The number of carbonyl (C=O) groups excluding carboxylic acids is 1. The molecule has 9 nitrogen and oxygen atoms in total. The quantitative estimate of drug-likeness (QED) is 0.662. The first-order chi connectivity index (χ1) is 16.2. The molecule has 1 aliphatic heterocycles. The highest BCUT2D eigenvalue weighted by Crippen LogP contribution is 2.29. The van der Waals surface area contributed by atoms with Gasteiger partial charge in [-0.2, -0.15) is 0 Å². The minimum atomic E-state index is -3.95. The molecule has 1 heterocycles. The number of anilines is 1. The van der Waals surface area contributed by atoms with Crippen molar-refractivity contribution >= 4 is 21.6 Å². The molecule has 3 atom stereocenters. The number of nitrogens with one attached hydrogen (secondary N) is 2. The zero-order valence-corrected chi connectivity index (χ0v) is 21.0. The summed E-state index contributed by atoms with van der Waals surface area (Å²) in [6, 6.07) is 11.1. The Bertz CT molecular complexity index is 1110. The number of likely N-dealkylation sites (N-methyl/N-ethyl adjacent to an activating group) is 1. The average Bonchev–Trinajstić information content (AvgIpc) is 2.83. The molecule has 0 saturated heterocycles. The van der Waals surface area contributed by atoms with E-state index in [1.807, 2.05) is 6.92 Å². The topological polar surface area (TPSA) is 106 Å². The fourth-order valence-electron chi connectivity index (χ4n) is 3.77. The fourth-order valence-corrected chi connectivity index (χ4v) is 5.00. The summed E-state index contributed by atoms with van der Waals surface area (Å²) in [5.74, 6) is 0.486. The molecule has 0 unspecified atom stereocenters. The number of rotatable bonds is 5. The lowest BCUT2D eigenvalue weighted by atomic mass is 10.0. The molecule has 0 aromatic heterocycles. The summed E-state index contributed by atoms with van der Waals surface area (Å²) >= 11 is 0. The molecular weight excluding hydrogens is 458 g/mol. The Morgan fingerprint density at radius 3 is 2.59 bits per heavy atom. The number of sulfonamides is 1. The maximum atomic E-state index is 13.4. The van der Waals surface area contributed by atoms with Crippen LogP contribution >= 0.6 is 0 Å². The fraction of sp³-hybridized carbons (Fsp3) is 0.458. The van der Waals surface area contributed by atoms with Gasteiger partial charge in [0.2, 0.25) is 0 Å². The normalized spacial score (nSPS) is 22.1. The molecule has 2 aromatic carbocycles. The van der Waals surface area contributed by atoms with E-state index in [4.69, 9.17) is 14.2 Å². The molecule has 0 aliphatic carbocycles. The van der Waals surface area contributed by atoms with Crippen molar-refractivity contribution in [2.75, 3.05) is 45.7 Å². The molecule has 2 aromatic rings. The Labute approximate surface area is 201 Å². The van der Waals surface area contributed by atoms with Gasteiger partial charge in [-0.25, -0.2) is 8.42 Å². The van der Waals surface area contributed by atoms with Gasteiger partial charge in [-0.15, -0.1) is 0 Å². The highest BCUT2D eigenvalue weighted by molar-refractivity contribution is 7.92. The van der Waals surface area contributed by atoms with E-state index in [9.17, 15) is 13.2 Å². The molecule has 0 spiro atoms. The maximum absolute atomic E-state index is 13.4. The molecule has 0 radical (unpaired) electrons. The standard InChI is InChI=1S/C24H33N3O6S/c1-16-13-25-17(2)15-33-20-11-10-18(12-19(20)24(28)27(3)14-22(16)32-5)26-34(29,30)23-9-7-6-8-21(23)31-4/h6-12,16-17,22,25-26H,13-15H2,1-5H3/t16-,17+,22-/m0/s1. The first-order valence-electron chi connectivity index (χ1n) is 11.1. The summed E-state index contributed by atoms with van der Waals surface area (Å²) in [6.45, 7) is 5.52. The summed E-state index contributed by atoms with van der Waals surface area (Å²) in [7, 11) is 0.784. The Morgan fingerprint density at radius 1 is 1.15 bits per heavy atom. The van der Waals surface area contributed by atoms with Crippen LogP contribution in [0.3, 0.4) is 0 Å². The lowest BCUT2D eigenvalue weighted by Crippen LogP contribution is -2.44. The third kappa shape index (κ3) is 5.99. The van der Waals surface area contributed by atoms with Crippen molar-refractivity contribution in [2.24, 2.45) is 5.92 Å². The van der Waals surface area contributed by atoms with Gasteiger partial charge in [0.25, 0.3) is 15.9 Å².